The van der Waals surface area contributed by atoms with Crippen molar-refractivity contribution in [2.45, 2.75) is 6.92 Å². The minimum Gasteiger partial charge on any atom is -0.320 e. The van der Waals surface area contributed by atoms with Gasteiger partial charge < -0.3 is 9.72 Å². The molecule has 0 aliphatic carbocycles. The van der Waals surface area contributed by atoms with Crippen LogP contribution in [0.15, 0.2) is 54.9 Å². The number of anilines is 1. The summed E-state index contributed by atoms with van der Waals surface area (Å²) >= 11 is 0. The number of aromatic nitrogens is 2. The molecule has 5 nitrogen and oxygen atoms in total. The lowest BCUT2D eigenvalue weighted by molar-refractivity contribution is 0.101. The fourth-order valence-corrected chi connectivity index (χ4v) is 2.13. The molecule has 0 unspecified atom stereocenters. The lowest BCUT2D eigenvalue weighted by Crippen LogP contribution is -2.14. The monoisotopic (exact) mass is 279 g/mol. The number of imidazole rings is 1. The molecule has 2 aromatic heterocycles. The van der Waals surface area contributed by atoms with Crippen LogP contribution in [0, 0.1) is 0 Å². The quantitative estimate of drug-likeness (QED) is 0.750. The molecule has 1 aromatic carbocycles. The van der Waals surface area contributed by atoms with Gasteiger partial charge in [0.05, 0.1) is 5.69 Å². The van der Waals surface area contributed by atoms with Gasteiger partial charge >= 0.3 is 0 Å². The van der Waals surface area contributed by atoms with Gasteiger partial charge in [0.2, 0.25) is 0 Å². The highest BCUT2D eigenvalue weighted by Gasteiger charge is 2.13. The van der Waals surface area contributed by atoms with Crippen LogP contribution in [0.4, 0.5) is 5.69 Å². The Kier molecular flexibility index (Phi) is 3.23. The zero-order valence-electron chi connectivity index (χ0n) is 11.4. The minimum absolute atomic E-state index is 0.0964. The first-order chi connectivity index (χ1) is 10.1. The van der Waals surface area contributed by atoms with E-state index in [2.05, 4.69) is 10.3 Å². The normalized spacial score (nSPS) is 10.5. The van der Waals surface area contributed by atoms with E-state index in [1.165, 1.54) is 6.92 Å². The number of amides is 1. The highest BCUT2D eigenvalue weighted by atomic mass is 16.2. The highest BCUT2D eigenvalue weighted by molar-refractivity contribution is 6.08. The Labute approximate surface area is 121 Å². The average Bonchev–Trinajstić information content (AvgIpc) is 2.91. The van der Waals surface area contributed by atoms with Gasteiger partial charge in [-0.1, -0.05) is 18.2 Å². The molecule has 0 saturated carbocycles. The third-order valence-corrected chi connectivity index (χ3v) is 3.15. The summed E-state index contributed by atoms with van der Waals surface area (Å²) in [6.07, 6.45) is 3.48. The first kappa shape index (κ1) is 13.1. The molecule has 104 valence electrons. The smallest absolute Gasteiger partial charge is 0.275 e. The highest BCUT2D eigenvalue weighted by Crippen LogP contribution is 2.16. The third-order valence-electron chi connectivity index (χ3n) is 3.15. The van der Waals surface area contributed by atoms with E-state index in [0.29, 0.717) is 22.6 Å². The van der Waals surface area contributed by atoms with Crippen molar-refractivity contribution in [2.75, 3.05) is 5.32 Å². The van der Waals surface area contributed by atoms with Gasteiger partial charge in [-0.25, -0.2) is 4.98 Å². The number of pyridine rings is 1. The van der Waals surface area contributed by atoms with Gasteiger partial charge in [-0.05, 0) is 31.2 Å². The first-order valence-electron chi connectivity index (χ1n) is 6.50. The van der Waals surface area contributed by atoms with Gasteiger partial charge in [0.1, 0.15) is 11.3 Å². The van der Waals surface area contributed by atoms with Crippen LogP contribution >= 0.6 is 0 Å². The number of nitrogens with one attached hydrogen (secondary N) is 1. The lowest BCUT2D eigenvalue weighted by Gasteiger charge is -2.07. The van der Waals surface area contributed by atoms with E-state index in [9.17, 15) is 9.59 Å². The third kappa shape index (κ3) is 2.53. The van der Waals surface area contributed by atoms with E-state index in [0.717, 1.165) is 0 Å². The summed E-state index contributed by atoms with van der Waals surface area (Å²) in [5, 5.41) is 2.73. The molecule has 1 amide bonds. The number of benzene rings is 1. The van der Waals surface area contributed by atoms with Crippen molar-refractivity contribution in [2.24, 2.45) is 0 Å². The van der Waals surface area contributed by atoms with Crippen LogP contribution in [0.5, 0.6) is 0 Å². The Bertz CT molecular complexity index is 803. The predicted molar refractivity (Wildman–Crippen MR) is 79.6 cm³/mol. The topological polar surface area (TPSA) is 63.5 Å². The van der Waals surface area contributed by atoms with Crippen LogP contribution in [-0.2, 0) is 0 Å². The summed E-state index contributed by atoms with van der Waals surface area (Å²) in [6, 6.07) is 12.5. The molecule has 0 aliphatic heterocycles. The fourth-order valence-electron chi connectivity index (χ4n) is 2.13. The van der Waals surface area contributed by atoms with Crippen LogP contribution in [0.1, 0.15) is 27.8 Å². The van der Waals surface area contributed by atoms with E-state index >= 15 is 0 Å². The Hall–Kier alpha value is -2.95. The molecule has 21 heavy (non-hydrogen) atoms. The van der Waals surface area contributed by atoms with Gasteiger partial charge in [-0.3, -0.25) is 9.59 Å². The maximum atomic E-state index is 12.3. The van der Waals surface area contributed by atoms with Crippen molar-refractivity contribution in [1.82, 2.24) is 9.38 Å². The van der Waals surface area contributed by atoms with Gasteiger partial charge in [0.25, 0.3) is 5.91 Å². The second kappa shape index (κ2) is 5.20. The number of Topliss-reactive ketones (excluding diaryl/α,β-unsaturated/α-hetero) is 1. The summed E-state index contributed by atoms with van der Waals surface area (Å²) in [5.74, 6) is -0.437. The summed E-state index contributed by atoms with van der Waals surface area (Å²) in [7, 11) is 0. The van der Waals surface area contributed by atoms with E-state index in [4.69, 9.17) is 0 Å². The number of para-hydroxylation sites is 1. The van der Waals surface area contributed by atoms with Crippen molar-refractivity contribution >= 4 is 23.0 Å². The first-order valence-corrected chi connectivity index (χ1v) is 6.50. The van der Waals surface area contributed by atoms with E-state index < -0.39 is 0 Å². The number of rotatable bonds is 3. The van der Waals surface area contributed by atoms with Crippen LogP contribution in [0.25, 0.3) is 5.65 Å². The molecule has 1 N–H and O–H groups in total. The van der Waals surface area contributed by atoms with Crippen LogP contribution in [-0.4, -0.2) is 21.1 Å². The molecule has 0 atom stereocenters. The van der Waals surface area contributed by atoms with Crippen LogP contribution in [0.3, 0.4) is 0 Å². The molecule has 5 heteroatoms. The number of ketones is 1. The largest absolute Gasteiger partial charge is 0.320 e. The number of hydrogen-bond acceptors (Lipinski definition) is 3. The van der Waals surface area contributed by atoms with Gasteiger partial charge in [0, 0.05) is 18.0 Å². The maximum Gasteiger partial charge on any atom is 0.275 e. The second-order valence-corrected chi connectivity index (χ2v) is 4.65. The molecule has 3 aromatic rings. The molecule has 0 bridgehead atoms. The van der Waals surface area contributed by atoms with E-state index in [-0.39, 0.29) is 11.7 Å². The molecule has 0 spiro atoms. The zero-order valence-corrected chi connectivity index (χ0v) is 11.4. The summed E-state index contributed by atoms with van der Waals surface area (Å²) in [5.41, 5.74) is 1.98. The maximum absolute atomic E-state index is 12.3. The summed E-state index contributed by atoms with van der Waals surface area (Å²) in [4.78, 5) is 28.1. The van der Waals surface area contributed by atoms with Crippen molar-refractivity contribution in [1.29, 1.82) is 0 Å². The minimum atomic E-state index is -0.340. The Morgan fingerprint density at radius 2 is 1.86 bits per heavy atom. The van der Waals surface area contributed by atoms with Crippen molar-refractivity contribution < 1.29 is 9.59 Å². The molecular weight excluding hydrogens is 266 g/mol. The number of hydrogen-bond donors (Lipinski definition) is 1. The summed E-state index contributed by atoms with van der Waals surface area (Å²) < 4.78 is 1.77. The average molecular weight is 279 g/mol. The molecule has 0 radical (unpaired) electrons. The predicted octanol–water partition coefficient (Wildman–Crippen LogP) is 2.79. The van der Waals surface area contributed by atoms with Crippen molar-refractivity contribution in [3.63, 3.8) is 0 Å². The van der Waals surface area contributed by atoms with Gasteiger partial charge in [-0.15, -0.1) is 0 Å². The van der Waals surface area contributed by atoms with E-state index in [1.807, 2.05) is 24.4 Å². The lowest BCUT2D eigenvalue weighted by atomic mass is 10.1. The van der Waals surface area contributed by atoms with E-state index in [1.54, 1.807) is 34.9 Å². The van der Waals surface area contributed by atoms with Gasteiger partial charge in [0.15, 0.2) is 5.78 Å². The molecule has 2 heterocycles. The Morgan fingerprint density at radius 3 is 2.62 bits per heavy atom. The molecule has 3 rings (SSSR count). The molecule has 0 saturated heterocycles. The number of nitrogens with zero attached hydrogens (tertiary/aromatic N) is 2. The van der Waals surface area contributed by atoms with Crippen molar-refractivity contribution in [3.8, 4) is 0 Å². The zero-order chi connectivity index (χ0) is 14.8. The Balaban J connectivity index is 1.91. The molecule has 0 aliphatic rings. The molecule has 0 fully saturated rings. The van der Waals surface area contributed by atoms with Crippen molar-refractivity contribution in [3.05, 3.63) is 66.1 Å². The number of carbonyl (C=O) groups is 2. The fraction of sp³-hybridized carbons (Fsp3) is 0.0625. The molecular formula is C16H13N3O2. The van der Waals surface area contributed by atoms with Gasteiger partial charge in [-0.2, -0.15) is 0 Å². The second-order valence-electron chi connectivity index (χ2n) is 4.65. The Morgan fingerprint density at radius 1 is 1.10 bits per heavy atom. The van der Waals surface area contributed by atoms with Crippen LogP contribution in [0.2, 0.25) is 0 Å². The number of fused-ring (bicyclic) bond motifs is 1. The standard InChI is InChI=1S/C16H13N3O2/c1-11(20)12-6-2-3-7-13(12)18-16(21)14-10-19-9-5-4-8-15(19)17-14/h2-10H,1H3,(H,18,21). The van der Waals surface area contributed by atoms with Crippen LogP contribution < -0.4 is 5.32 Å². The number of carbonyl (C=O) groups excluding carboxylic acids is 2. The SMILES string of the molecule is CC(=O)c1ccccc1NC(=O)c1cn2ccccc2n1. The summed E-state index contributed by atoms with van der Waals surface area (Å²) in [6.45, 7) is 1.47.